The second kappa shape index (κ2) is 5.15. The van der Waals surface area contributed by atoms with Crippen molar-refractivity contribution in [2.45, 2.75) is 19.3 Å². The van der Waals surface area contributed by atoms with Crippen molar-refractivity contribution >= 4 is 11.6 Å². The van der Waals surface area contributed by atoms with Gasteiger partial charge in [-0.1, -0.05) is 17.7 Å². The Hall–Kier alpha value is -0.600. The van der Waals surface area contributed by atoms with Crippen LogP contribution in [0.1, 0.15) is 18.4 Å². The van der Waals surface area contributed by atoms with Gasteiger partial charge in [-0.2, -0.15) is 0 Å². The monoisotopic (exact) mass is 241 g/mol. The zero-order valence-electron chi connectivity index (χ0n) is 9.47. The molecule has 1 aliphatic rings. The lowest BCUT2D eigenvalue weighted by molar-refractivity contribution is 0.174. The first-order valence-electron chi connectivity index (χ1n) is 5.79. The lowest BCUT2D eigenvalue weighted by Gasteiger charge is -2.36. The van der Waals surface area contributed by atoms with Crippen LogP contribution in [0.3, 0.4) is 0 Å². The fourth-order valence-corrected chi connectivity index (χ4v) is 2.52. The van der Waals surface area contributed by atoms with Crippen LogP contribution in [0, 0.1) is 17.7 Å². The Morgan fingerprint density at radius 3 is 2.69 bits per heavy atom. The van der Waals surface area contributed by atoms with Gasteiger partial charge in [0.05, 0.1) is 5.02 Å². The average molecular weight is 242 g/mol. The van der Waals surface area contributed by atoms with Crippen LogP contribution >= 0.6 is 11.6 Å². The predicted molar refractivity (Wildman–Crippen MR) is 65.3 cm³/mol. The second-order valence-electron chi connectivity index (χ2n) is 4.61. The summed E-state index contributed by atoms with van der Waals surface area (Å²) in [7, 11) is 1.98. The van der Waals surface area contributed by atoms with Crippen LogP contribution in [0.4, 0.5) is 4.39 Å². The third-order valence-electron chi connectivity index (χ3n) is 3.52. The maximum atomic E-state index is 13.3. The summed E-state index contributed by atoms with van der Waals surface area (Å²) in [5.74, 6) is 1.15. The molecular weight excluding hydrogens is 225 g/mol. The first-order valence-corrected chi connectivity index (χ1v) is 6.17. The summed E-state index contributed by atoms with van der Waals surface area (Å²) in [5, 5.41) is 3.42. The number of benzene rings is 1. The SMILES string of the molecule is CNCC1CCC1Cc1ccc(Cl)c(F)c1. The normalized spacial score (nSPS) is 24.2. The second-order valence-corrected chi connectivity index (χ2v) is 5.01. The highest BCUT2D eigenvalue weighted by molar-refractivity contribution is 6.30. The highest BCUT2D eigenvalue weighted by atomic mass is 35.5. The zero-order chi connectivity index (χ0) is 11.5. The molecule has 88 valence electrons. The van der Waals surface area contributed by atoms with Gasteiger partial charge in [0.2, 0.25) is 0 Å². The molecule has 0 radical (unpaired) electrons. The standard InChI is InChI=1S/C13H17ClFN/c1-16-8-11-4-3-10(11)6-9-2-5-12(14)13(15)7-9/h2,5,7,10-11,16H,3-4,6,8H2,1H3. The van der Waals surface area contributed by atoms with E-state index in [2.05, 4.69) is 5.32 Å². The maximum Gasteiger partial charge on any atom is 0.142 e. The van der Waals surface area contributed by atoms with Gasteiger partial charge in [-0.3, -0.25) is 0 Å². The van der Waals surface area contributed by atoms with Crippen LogP contribution in [0.2, 0.25) is 5.02 Å². The van der Waals surface area contributed by atoms with Crippen molar-refractivity contribution in [3.05, 3.63) is 34.6 Å². The molecule has 1 aromatic carbocycles. The third-order valence-corrected chi connectivity index (χ3v) is 3.83. The van der Waals surface area contributed by atoms with Gasteiger partial charge in [-0.15, -0.1) is 0 Å². The number of hydrogen-bond acceptors (Lipinski definition) is 1. The summed E-state index contributed by atoms with van der Waals surface area (Å²) < 4.78 is 13.3. The summed E-state index contributed by atoms with van der Waals surface area (Å²) in [4.78, 5) is 0. The van der Waals surface area contributed by atoms with Crippen LogP contribution < -0.4 is 5.32 Å². The van der Waals surface area contributed by atoms with E-state index >= 15 is 0 Å². The van der Waals surface area contributed by atoms with Crippen molar-refractivity contribution in [1.82, 2.24) is 5.32 Å². The molecule has 0 aromatic heterocycles. The Morgan fingerprint density at radius 2 is 2.12 bits per heavy atom. The van der Waals surface area contributed by atoms with Gasteiger partial charge in [0.15, 0.2) is 0 Å². The molecule has 0 spiro atoms. The smallest absolute Gasteiger partial charge is 0.142 e. The number of nitrogens with one attached hydrogen (secondary N) is 1. The molecule has 1 nitrogen and oxygen atoms in total. The van der Waals surface area contributed by atoms with E-state index < -0.39 is 0 Å². The van der Waals surface area contributed by atoms with Crippen molar-refractivity contribution in [2.24, 2.45) is 11.8 Å². The Bertz CT molecular complexity index is 367. The van der Waals surface area contributed by atoms with Gasteiger partial charge >= 0.3 is 0 Å². The van der Waals surface area contributed by atoms with Crippen LogP contribution in [0.5, 0.6) is 0 Å². The average Bonchev–Trinajstić information content (AvgIpc) is 2.26. The van der Waals surface area contributed by atoms with E-state index in [4.69, 9.17) is 11.6 Å². The molecule has 1 saturated carbocycles. The molecule has 2 atom stereocenters. The van der Waals surface area contributed by atoms with Crippen molar-refractivity contribution in [2.75, 3.05) is 13.6 Å². The summed E-state index contributed by atoms with van der Waals surface area (Å²) in [6.45, 7) is 1.07. The molecule has 0 amide bonds. The van der Waals surface area contributed by atoms with Gasteiger partial charge in [0.25, 0.3) is 0 Å². The summed E-state index contributed by atoms with van der Waals surface area (Å²) in [6.07, 6.45) is 3.53. The molecule has 0 aliphatic heterocycles. The zero-order valence-corrected chi connectivity index (χ0v) is 10.2. The van der Waals surface area contributed by atoms with E-state index in [1.807, 2.05) is 13.1 Å². The van der Waals surface area contributed by atoms with Gasteiger partial charge < -0.3 is 5.32 Å². The molecule has 0 saturated heterocycles. The number of halogens is 2. The van der Waals surface area contributed by atoms with E-state index in [-0.39, 0.29) is 10.8 Å². The van der Waals surface area contributed by atoms with Crippen LogP contribution in [-0.4, -0.2) is 13.6 Å². The number of rotatable bonds is 4. The van der Waals surface area contributed by atoms with Gasteiger partial charge in [0.1, 0.15) is 5.82 Å². The Balaban J connectivity index is 1.96. The highest BCUT2D eigenvalue weighted by Crippen LogP contribution is 2.36. The van der Waals surface area contributed by atoms with Gasteiger partial charge in [-0.05, 0) is 62.4 Å². The van der Waals surface area contributed by atoms with Crippen molar-refractivity contribution in [1.29, 1.82) is 0 Å². The molecule has 0 heterocycles. The maximum absolute atomic E-state index is 13.3. The van der Waals surface area contributed by atoms with Crippen molar-refractivity contribution in [3.63, 3.8) is 0 Å². The van der Waals surface area contributed by atoms with E-state index in [1.165, 1.54) is 12.8 Å². The molecule has 1 fully saturated rings. The topological polar surface area (TPSA) is 12.0 Å². The summed E-state index contributed by atoms with van der Waals surface area (Å²) in [5.41, 5.74) is 1.06. The molecule has 2 unspecified atom stereocenters. The number of hydrogen-bond donors (Lipinski definition) is 1. The predicted octanol–water partition coefficient (Wildman–Crippen LogP) is 3.27. The Kier molecular flexibility index (Phi) is 3.82. The Labute approximate surface area is 101 Å². The molecule has 0 bridgehead atoms. The van der Waals surface area contributed by atoms with Crippen molar-refractivity contribution in [3.8, 4) is 0 Å². The Morgan fingerprint density at radius 1 is 1.38 bits per heavy atom. The van der Waals surface area contributed by atoms with E-state index in [1.54, 1.807) is 12.1 Å². The summed E-state index contributed by atoms with van der Waals surface area (Å²) in [6, 6.07) is 5.15. The highest BCUT2D eigenvalue weighted by Gasteiger charge is 2.29. The fourth-order valence-electron chi connectivity index (χ4n) is 2.41. The van der Waals surface area contributed by atoms with Gasteiger partial charge in [-0.25, -0.2) is 4.39 Å². The fraction of sp³-hybridized carbons (Fsp3) is 0.538. The molecular formula is C13H17ClFN. The molecule has 1 N–H and O–H groups in total. The van der Waals surface area contributed by atoms with Crippen molar-refractivity contribution < 1.29 is 4.39 Å². The van der Waals surface area contributed by atoms with E-state index in [0.29, 0.717) is 5.92 Å². The minimum atomic E-state index is -0.302. The lowest BCUT2D eigenvalue weighted by Crippen LogP contribution is -2.35. The lowest BCUT2D eigenvalue weighted by atomic mass is 9.71. The minimum Gasteiger partial charge on any atom is -0.319 e. The molecule has 3 heteroatoms. The minimum absolute atomic E-state index is 0.212. The largest absolute Gasteiger partial charge is 0.319 e. The molecule has 2 rings (SSSR count). The van der Waals surface area contributed by atoms with Crippen LogP contribution in [0.15, 0.2) is 18.2 Å². The first-order chi connectivity index (χ1) is 7.70. The molecule has 1 aromatic rings. The summed E-state index contributed by atoms with van der Waals surface area (Å²) >= 11 is 5.66. The molecule has 16 heavy (non-hydrogen) atoms. The third kappa shape index (κ3) is 2.55. The van der Waals surface area contributed by atoms with Crippen LogP contribution in [-0.2, 0) is 6.42 Å². The van der Waals surface area contributed by atoms with E-state index in [0.717, 1.165) is 24.4 Å². The van der Waals surface area contributed by atoms with E-state index in [9.17, 15) is 4.39 Å². The quantitative estimate of drug-likeness (QED) is 0.853. The van der Waals surface area contributed by atoms with Crippen LogP contribution in [0.25, 0.3) is 0 Å². The first kappa shape index (κ1) is 11.9. The van der Waals surface area contributed by atoms with Gasteiger partial charge in [0, 0.05) is 0 Å². The molecule has 1 aliphatic carbocycles.